The molecule has 0 aromatic heterocycles. The monoisotopic (exact) mass is 231 g/mol. The Morgan fingerprint density at radius 3 is 2.87 bits per heavy atom. The van der Waals surface area contributed by atoms with Crippen LogP contribution in [-0.4, -0.2) is 13.1 Å². The molecule has 0 heterocycles. The van der Waals surface area contributed by atoms with E-state index in [1.807, 2.05) is 0 Å². The Bertz CT molecular complexity index is 370. The topological polar surface area (TPSA) is 52.3 Å². The molecule has 0 saturated carbocycles. The number of hydrogen-bond donors (Lipinski definition) is 1. The van der Waals surface area contributed by atoms with Crippen LogP contribution in [0.25, 0.3) is 0 Å². The minimum atomic E-state index is -0.532. The summed E-state index contributed by atoms with van der Waals surface area (Å²) in [7, 11) is 1.28. The summed E-state index contributed by atoms with van der Waals surface area (Å²) in [6.07, 6.45) is 0.0401. The van der Waals surface area contributed by atoms with Crippen molar-refractivity contribution in [2.24, 2.45) is 5.73 Å². The highest BCUT2D eigenvalue weighted by atomic mass is 35.5. The normalized spacial score (nSPS) is 12.3. The van der Waals surface area contributed by atoms with E-state index in [0.717, 1.165) is 0 Å². The van der Waals surface area contributed by atoms with Gasteiger partial charge in [-0.05, 0) is 17.7 Å². The van der Waals surface area contributed by atoms with E-state index in [2.05, 4.69) is 4.74 Å². The number of benzene rings is 1. The largest absolute Gasteiger partial charge is 0.469 e. The molecule has 0 aliphatic heterocycles. The average molecular weight is 232 g/mol. The second kappa shape index (κ2) is 5.09. The molecule has 82 valence electrons. The second-order valence-corrected chi connectivity index (χ2v) is 3.47. The van der Waals surface area contributed by atoms with E-state index in [4.69, 9.17) is 17.3 Å². The predicted octanol–water partition coefficient (Wildman–Crippen LogP) is 2.04. The van der Waals surface area contributed by atoms with Gasteiger partial charge in [0.15, 0.2) is 0 Å². The first kappa shape index (κ1) is 11.9. The van der Waals surface area contributed by atoms with Crippen LogP contribution < -0.4 is 5.73 Å². The average Bonchev–Trinajstić information content (AvgIpc) is 2.21. The van der Waals surface area contributed by atoms with Crippen molar-refractivity contribution in [2.45, 2.75) is 12.5 Å². The minimum absolute atomic E-state index is 0.00665. The number of nitrogens with two attached hydrogens (primary N) is 1. The van der Waals surface area contributed by atoms with Crippen molar-refractivity contribution >= 4 is 17.6 Å². The van der Waals surface area contributed by atoms with Crippen LogP contribution in [0.3, 0.4) is 0 Å². The Morgan fingerprint density at radius 1 is 1.67 bits per heavy atom. The molecule has 5 heteroatoms. The third-order valence-corrected chi connectivity index (χ3v) is 2.28. The van der Waals surface area contributed by atoms with Crippen molar-refractivity contribution in [3.63, 3.8) is 0 Å². The molecule has 0 unspecified atom stereocenters. The van der Waals surface area contributed by atoms with Gasteiger partial charge in [0.2, 0.25) is 0 Å². The molecule has 1 atom stereocenters. The van der Waals surface area contributed by atoms with E-state index < -0.39 is 17.8 Å². The Kier molecular flexibility index (Phi) is 4.05. The maximum Gasteiger partial charge on any atom is 0.307 e. The maximum absolute atomic E-state index is 12.8. The van der Waals surface area contributed by atoms with Gasteiger partial charge in [-0.25, -0.2) is 4.39 Å². The van der Waals surface area contributed by atoms with Gasteiger partial charge < -0.3 is 10.5 Å². The summed E-state index contributed by atoms with van der Waals surface area (Å²) in [5.41, 5.74) is 6.31. The standard InChI is InChI=1S/C10H11ClFNO2/c1-15-10(14)5-9(13)6-2-3-8(12)7(11)4-6/h2-4,9H,5,13H2,1H3/t9-/m1/s1. The van der Waals surface area contributed by atoms with Crippen molar-refractivity contribution in [1.29, 1.82) is 0 Å². The van der Waals surface area contributed by atoms with E-state index in [1.54, 1.807) is 0 Å². The van der Waals surface area contributed by atoms with Crippen molar-refractivity contribution in [2.75, 3.05) is 7.11 Å². The third kappa shape index (κ3) is 3.18. The molecule has 1 aromatic carbocycles. The van der Waals surface area contributed by atoms with Crippen molar-refractivity contribution < 1.29 is 13.9 Å². The Morgan fingerprint density at radius 2 is 2.33 bits per heavy atom. The van der Waals surface area contributed by atoms with Crippen molar-refractivity contribution in [3.05, 3.63) is 34.6 Å². The molecular formula is C10H11ClFNO2. The van der Waals surface area contributed by atoms with E-state index in [1.165, 1.54) is 25.3 Å². The number of carbonyl (C=O) groups is 1. The molecule has 0 amide bonds. The number of ether oxygens (including phenoxy) is 1. The maximum atomic E-state index is 12.8. The van der Waals surface area contributed by atoms with Crippen LogP contribution in [0.5, 0.6) is 0 Å². The Balaban J connectivity index is 2.78. The smallest absolute Gasteiger partial charge is 0.307 e. The third-order valence-electron chi connectivity index (χ3n) is 1.99. The predicted molar refractivity (Wildman–Crippen MR) is 55.0 cm³/mol. The lowest BCUT2D eigenvalue weighted by molar-refractivity contribution is -0.141. The number of esters is 1. The molecule has 0 spiro atoms. The SMILES string of the molecule is COC(=O)C[C@@H](N)c1ccc(F)c(Cl)c1. The molecule has 0 bridgehead atoms. The van der Waals surface area contributed by atoms with Gasteiger partial charge in [0, 0.05) is 6.04 Å². The van der Waals surface area contributed by atoms with Gasteiger partial charge in [-0.1, -0.05) is 17.7 Å². The first-order valence-corrected chi connectivity index (χ1v) is 4.69. The summed E-state index contributed by atoms with van der Waals surface area (Å²) in [6, 6.07) is 3.59. The molecule has 0 aliphatic carbocycles. The molecule has 1 aromatic rings. The molecule has 0 radical (unpaired) electrons. The number of halogens is 2. The Labute approximate surface area is 92.0 Å². The molecule has 0 saturated heterocycles. The number of methoxy groups -OCH3 is 1. The highest BCUT2D eigenvalue weighted by Crippen LogP contribution is 2.21. The Hall–Kier alpha value is -1.13. The lowest BCUT2D eigenvalue weighted by atomic mass is 10.1. The fourth-order valence-electron chi connectivity index (χ4n) is 1.12. The van der Waals surface area contributed by atoms with Gasteiger partial charge in [-0.3, -0.25) is 4.79 Å². The summed E-state index contributed by atoms with van der Waals surface area (Å²) in [5.74, 6) is -0.923. The summed E-state index contributed by atoms with van der Waals surface area (Å²) >= 11 is 5.58. The van der Waals surface area contributed by atoms with Crippen LogP contribution in [0.2, 0.25) is 5.02 Å². The highest BCUT2D eigenvalue weighted by molar-refractivity contribution is 6.30. The van der Waals surface area contributed by atoms with E-state index in [9.17, 15) is 9.18 Å². The highest BCUT2D eigenvalue weighted by Gasteiger charge is 2.13. The van der Waals surface area contributed by atoms with Crippen LogP contribution in [0.1, 0.15) is 18.0 Å². The minimum Gasteiger partial charge on any atom is -0.469 e. The van der Waals surface area contributed by atoms with Gasteiger partial charge in [0.05, 0.1) is 18.6 Å². The van der Waals surface area contributed by atoms with Gasteiger partial charge in [0.1, 0.15) is 5.82 Å². The van der Waals surface area contributed by atoms with Crippen molar-refractivity contribution in [3.8, 4) is 0 Å². The van der Waals surface area contributed by atoms with Crippen LogP contribution in [-0.2, 0) is 9.53 Å². The number of rotatable bonds is 3. The molecule has 2 N–H and O–H groups in total. The zero-order valence-corrected chi connectivity index (χ0v) is 8.92. The van der Waals surface area contributed by atoms with E-state index in [-0.39, 0.29) is 11.4 Å². The first-order chi connectivity index (χ1) is 7.04. The molecule has 3 nitrogen and oxygen atoms in total. The van der Waals surface area contributed by atoms with Gasteiger partial charge in [-0.15, -0.1) is 0 Å². The number of hydrogen-bond acceptors (Lipinski definition) is 3. The zero-order valence-electron chi connectivity index (χ0n) is 8.17. The first-order valence-electron chi connectivity index (χ1n) is 4.32. The second-order valence-electron chi connectivity index (χ2n) is 3.06. The zero-order chi connectivity index (χ0) is 11.4. The van der Waals surface area contributed by atoms with Gasteiger partial charge in [-0.2, -0.15) is 0 Å². The van der Waals surface area contributed by atoms with Crippen LogP contribution >= 0.6 is 11.6 Å². The fourth-order valence-corrected chi connectivity index (χ4v) is 1.31. The van der Waals surface area contributed by atoms with Gasteiger partial charge in [0.25, 0.3) is 0 Å². The molecule has 1 rings (SSSR count). The molecule has 0 fully saturated rings. The van der Waals surface area contributed by atoms with Crippen LogP contribution in [0.4, 0.5) is 4.39 Å². The van der Waals surface area contributed by atoms with Crippen LogP contribution in [0.15, 0.2) is 18.2 Å². The lowest BCUT2D eigenvalue weighted by Crippen LogP contribution is -2.16. The summed E-state index contributed by atoms with van der Waals surface area (Å²) in [4.78, 5) is 10.9. The molecule has 0 aliphatic rings. The van der Waals surface area contributed by atoms with Gasteiger partial charge >= 0.3 is 5.97 Å². The van der Waals surface area contributed by atoms with E-state index in [0.29, 0.717) is 5.56 Å². The van der Waals surface area contributed by atoms with E-state index >= 15 is 0 Å². The summed E-state index contributed by atoms with van der Waals surface area (Å²) < 4.78 is 17.3. The lowest BCUT2D eigenvalue weighted by Gasteiger charge is -2.10. The quantitative estimate of drug-likeness (QED) is 0.810. The fraction of sp³-hybridized carbons (Fsp3) is 0.300. The van der Waals surface area contributed by atoms with Crippen molar-refractivity contribution in [1.82, 2.24) is 0 Å². The summed E-state index contributed by atoms with van der Waals surface area (Å²) in [5, 5.41) is -0.00665. The van der Waals surface area contributed by atoms with Crippen LogP contribution in [0, 0.1) is 5.82 Å². The molecule has 15 heavy (non-hydrogen) atoms. The number of carbonyl (C=O) groups excluding carboxylic acids is 1. The summed E-state index contributed by atoms with van der Waals surface area (Å²) in [6.45, 7) is 0. The molecular weight excluding hydrogens is 221 g/mol.